The Hall–Kier alpha value is -4.78. The van der Waals surface area contributed by atoms with Crippen molar-refractivity contribution in [3.8, 4) is 0 Å². The molecule has 0 saturated carbocycles. The van der Waals surface area contributed by atoms with E-state index in [-0.39, 0.29) is 29.9 Å². The standard InChI is InChI=1S/C29H28F3N7O3/c1-17(29(30,31)32)15-21(37-28(2)13-14-41-16-28)23(33-3)26-38-39-27(42-26)36-24-25(40)34-20-12-8-7-11-19(20)22(35-24)18-9-5-4-6-10-18/h4-12,15,24,37H,3,13-14,16H2,1-2H3,(H,34,40)(H,36,39)/b17-15+,23-21+/t24-,28?/m1/s1. The van der Waals surface area contributed by atoms with Gasteiger partial charge in [0.2, 0.25) is 6.17 Å². The number of para-hydroxylation sites is 1. The van der Waals surface area contributed by atoms with Crippen LogP contribution in [0.2, 0.25) is 0 Å². The highest BCUT2D eigenvalue weighted by molar-refractivity contribution is 6.19. The van der Waals surface area contributed by atoms with E-state index in [1.807, 2.05) is 49.4 Å². The molecule has 0 spiro atoms. The van der Waals surface area contributed by atoms with Gasteiger partial charge in [-0.1, -0.05) is 53.6 Å². The van der Waals surface area contributed by atoms with Crippen LogP contribution in [0.1, 0.15) is 37.3 Å². The van der Waals surface area contributed by atoms with E-state index in [1.165, 1.54) is 0 Å². The van der Waals surface area contributed by atoms with Gasteiger partial charge in [0.1, 0.15) is 5.70 Å². The van der Waals surface area contributed by atoms with E-state index in [2.05, 4.69) is 42.9 Å². The third-order valence-corrected chi connectivity index (χ3v) is 6.76. The number of nitrogens with zero attached hydrogens (tertiary/aromatic N) is 4. The van der Waals surface area contributed by atoms with Crippen LogP contribution < -0.4 is 16.0 Å². The third-order valence-electron chi connectivity index (χ3n) is 6.76. The number of allylic oxidation sites excluding steroid dienone is 2. The molecular formula is C29H28F3N7O3. The number of carbonyl (C=O) groups is 1. The van der Waals surface area contributed by atoms with Crippen LogP contribution in [-0.4, -0.2) is 59.6 Å². The Kier molecular flexibility index (Phi) is 7.94. The summed E-state index contributed by atoms with van der Waals surface area (Å²) in [6, 6.07) is 16.4. The lowest BCUT2D eigenvalue weighted by molar-refractivity contribution is -0.116. The van der Waals surface area contributed by atoms with Crippen molar-refractivity contribution in [2.75, 3.05) is 23.8 Å². The molecule has 0 bridgehead atoms. The summed E-state index contributed by atoms with van der Waals surface area (Å²) in [5.74, 6) is -0.695. The molecule has 3 aromatic rings. The number of rotatable bonds is 8. The predicted molar refractivity (Wildman–Crippen MR) is 152 cm³/mol. The van der Waals surface area contributed by atoms with Crippen LogP contribution in [0.5, 0.6) is 0 Å². The lowest BCUT2D eigenvalue weighted by Crippen LogP contribution is -2.42. The minimum absolute atomic E-state index is 0.0185. The smallest absolute Gasteiger partial charge is 0.402 e. The first-order valence-electron chi connectivity index (χ1n) is 13.0. The number of nitrogens with one attached hydrogen (secondary N) is 3. The van der Waals surface area contributed by atoms with Crippen LogP contribution in [0.25, 0.3) is 5.70 Å². The average Bonchev–Trinajstić information content (AvgIpc) is 3.57. The first-order valence-corrected chi connectivity index (χ1v) is 13.0. The third kappa shape index (κ3) is 6.25. The zero-order valence-corrected chi connectivity index (χ0v) is 22.8. The van der Waals surface area contributed by atoms with Gasteiger partial charge in [0.25, 0.3) is 11.8 Å². The number of fused-ring (bicyclic) bond motifs is 1. The molecule has 218 valence electrons. The summed E-state index contributed by atoms with van der Waals surface area (Å²) in [6.07, 6.45) is -4.29. The molecule has 1 aromatic heterocycles. The van der Waals surface area contributed by atoms with E-state index in [0.29, 0.717) is 24.4 Å². The van der Waals surface area contributed by atoms with Crippen LogP contribution in [0.4, 0.5) is 24.9 Å². The summed E-state index contributed by atoms with van der Waals surface area (Å²) in [5, 5.41) is 16.7. The molecule has 0 aliphatic carbocycles. The molecule has 5 rings (SSSR count). The molecule has 10 nitrogen and oxygen atoms in total. The van der Waals surface area contributed by atoms with Crippen LogP contribution in [0.15, 0.2) is 86.3 Å². The number of benzene rings is 2. The summed E-state index contributed by atoms with van der Waals surface area (Å²) in [6.45, 7) is 7.01. The van der Waals surface area contributed by atoms with Crippen LogP contribution >= 0.6 is 0 Å². The fourth-order valence-electron chi connectivity index (χ4n) is 4.50. The predicted octanol–water partition coefficient (Wildman–Crippen LogP) is 4.94. The molecule has 2 aromatic carbocycles. The Balaban J connectivity index is 1.50. The number of anilines is 2. The molecule has 1 amide bonds. The zero-order chi connectivity index (χ0) is 29.9. The summed E-state index contributed by atoms with van der Waals surface area (Å²) < 4.78 is 51.6. The Bertz CT molecular complexity index is 1570. The molecule has 3 heterocycles. The minimum atomic E-state index is -4.58. The van der Waals surface area contributed by atoms with Crippen molar-refractivity contribution in [2.45, 2.75) is 38.1 Å². The molecule has 2 aliphatic heterocycles. The number of amides is 1. The van der Waals surface area contributed by atoms with Crippen molar-refractivity contribution in [1.29, 1.82) is 0 Å². The number of aromatic nitrogens is 2. The number of hydrogen-bond acceptors (Lipinski definition) is 9. The second-order valence-electron chi connectivity index (χ2n) is 10.1. The van der Waals surface area contributed by atoms with Crippen LogP contribution in [0, 0.1) is 0 Å². The van der Waals surface area contributed by atoms with Crippen molar-refractivity contribution >= 4 is 35.7 Å². The van der Waals surface area contributed by atoms with Gasteiger partial charge in [-0.05, 0) is 39.1 Å². The molecule has 13 heteroatoms. The lowest BCUT2D eigenvalue weighted by atomic mass is 10.0. The van der Waals surface area contributed by atoms with E-state index in [9.17, 15) is 18.0 Å². The highest BCUT2D eigenvalue weighted by Gasteiger charge is 2.34. The van der Waals surface area contributed by atoms with Crippen LogP contribution in [-0.2, 0) is 9.53 Å². The van der Waals surface area contributed by atoms with Gasteiger partial charge in [-0.2, -0.15) is 13.2 Å². The van der Waals surface area contributed by atoms with Crippen molar-refractivity contribution in [3.05, 3.63) is 89.0 Å². The molecule has 3 N–H and O–H groups in total. The monoisotopic (exact) mass is 579 g/mol. The zero-order valence-electron chi connectivity index (χ0n) is 22.8. The molecule has 1 unspecified atom stereocenters. The molecular weight excluding hydrogens is 551 g/mol. The topological polar surface area (TPSA) is 126 Å². The van der Waals surface area contributed by atoms with Crippen molar-refractivity contribution in [1.82, 2.24) is 15.5 Å². The van der Waals surface area contributed by atoms with E-state index >= 15 is 0 Å². The number of aliphatic imine (C=N–C) groups is 2. The number of halogens is 3. The summed E-state index contributed by atoms with van der Waals surface area (Å²) in [4.78, 5) is 21.8. The maximum atomic E-state index is 13.5. The molecule has 1 saturated heterocycles. The fourth-order valence-corrected chi connectivity index (χ4v) is 4.50. The number of alkyl halides is 3. The molecule has 2 atom stereocenters. The van der Waals surface area contributed by atoms with E-state index < -0.39 is 29.4 Å². The van der Waals surface area contributed by atoms with Gasteiger partial charge in [-0.25, -0.2) is 4.99 Å². The van der Waals surface area contributed by atoms with Crippen molar-refractivity contribution < 1.29 is 27.1 Å². The van der Waals surface area contributed by atoms with Crippen molar-refractivity contribution in [3.63, 3.8) is 0 Å². The van der Waals surface area contributed by atoms with Gasteiger partial charge >= 0.3 is 12.2 Å². The second kappa shape index (κ2) is 11.6. The van der Waals surface area contributed by atoms with Gasteiger partial charge in [-0.15, -0.1) is 5.10 Å². The fraction of sp³-hybridized carbons (Fsp3) is 0.276. The van der Waals surface area contributed by atoms with Crippen molar-refractivity contribution in [2.24, 2.45) is 9.98 Å². The first kappa shape index (κ1) is 28.7. The number of ether oxygens (including phenoxy) is 1. The van der Waals surface area contributed by atoms with E-state index in [4.69, 9.17) is 9.15 Å². The number of hydrogen-bond donors (Lipinski definition) is 3. The van der Waals surface area contributed by atoms with E-state index in [1.54, 1.807) is 12.1 Å². The number of carbonyl (C=O) groups excluding carboxylic acids is 1. The van der Waals surface area contributed by atoms with Gasteiger partial charge < -0.3 is 25.1 Å². The Morgan fingerprint density at radius 1 is 1.17 bits per heavy atom. The van der Waals surface area contributed by atoms with Gasteiger partial charge in [0.05, 0.1) is 29.2 Å². The Morgan fingerprint density at radius 2 is 1.90 bits per heavy atom. The first-order chi connectivity index (χ1) is 20.1. The summed E-state index contributed by atoms with van der Waals surface area (Å²) >= 11 is 0. The maximum Gasteiger partial charge on any atom is 0.412 e. The highest BCUT2D eigenvalue weighted by Crippen LogP contribution is 2.31. The SMILES string of the molecule is C=N/C(=C(\C=C(/C)C(F)(F)F)NC1(C)CCOC1)c1nnc(N[C@H]2N=C(c3ccccc3)c3ccccc3NC2=O)o1. The quantitative estimate of drug-likeness (QED) is 0.255. The summed E-state index contributed by atoms with van der Waals surface area (Å²) in [5.41, 5.74) is 0.991. The maximum absolute atomic E-state index is 13.5. The second-order valence-corrected chi connectivity index (χ2v) is 10.1. The Labute approximate surface area is 239 Å². The normalized spacial score (nSPS) is 21.5. The summed E-state index contributed by atoms with van der Waals surface area (Å²) in [7, 11) is 0. The number of benzodiazepines with no additional fused rings is 1. The largest absolute Gasteiger partial charge is 0.412 e. The average molecular weight is 580 g/mol. The van der Waals surface area contributed by atoms with Gasteiger partial charge in [-0.3, -0.25) is 9.79 Å². The lowest BCUT2D eigenvalue weighted by Gasteiger charge is -2.26. The van der Waals surface area contributed by atoms with E-state index in [0.717, 1.165) is 24.1 Å². The molecule has 1 fully saturated rings. The highest BCUT2D eigenvalue weighted by atomic mass is 19.4. The Morgan fingerprint density at radius 3 is 2.60 bits per heavy atom. The van der Waals surface area contributed by atoms with Crippen LogP contribution in [0.3, 0.4) is 0 Å². The molecule has 0 radical (unpaired) electrons. The van der Waals surface area contributed by atoms with Gasteiger partial charge in [0.15, 0.2) is 0 Å². The van der Waals surface area contributed by atoms with Gasteiger partial charge in [0, 0.05) is 23.3 Å². The molecule has 2 aliphatic rings. The minimum Gasteiger partial charge on any atom is -0.402 e. The molecule has 42 heavy (non-hydrogen) atoms.